The van der Waals surface area contributed by atoms with E-state index < -0.39 is 17.6 Å². The minimum Gasteiger partial charge on any atom is -0.378 e. The highest BCUT2D eigenvalue weighted by Crippen LogP contribution is 2.33. The van der Waals surface area contributed by atoms with E-state index in [-0.39, 0.29) is 17.8 Å². The molecule has 0 amide bonds. The third-order valence-corrected chi connectivity index (χ3v) is 6.25. The zero-order chi connectivity index (χ0) is 31.2. The Labute approximate surface area is 249 Å². The number of aryl methyl sites for hydroxylation is 1. The molecule has 0 saturated carbocycles. The molecule has 1 unspecified atom stereocenters. The first-order valence-corrected chi connectivity index (χ1v) is 14.0. The molecule has 2 aliphatic heterocycles. The molecule has 2 aliphatic rings. The first kappa shape index (κ1) is 33.2. The molecule has 0 bridgehead atoms. The van der Waals surface area contributed by atoms with E-state index in [2.05, 4.69) is 30.8 Å². The highest BCUT2D eigenvalue weighted by atomic mass is 19.4. The van der Waals surface area contributed by atoms with Crippen molar-refractivity contribution in [1.29, 1.82) is 0 Å². The van der Waals surface area contributed by atoms with Crippen molar-refractivity contribution in [3.05, 3.63) is 77.7 Å². The number of hydrogen-bond acceptors (Lipinski definition) is 9. The lowest BCUT2D eigenvalue weighted by molar-refractivity contribution is -0.137. The number of allylic oxidation sites excluding steroid dienone is 2. The number of ether oxygens (including phenoxy) is 1. The number of anilines is 3. The molecule has 2 aromatic rings. The average molecular weight is 603 g/mol. The molecule has 1 aromatic carbocycles. The summed E-state index contributed by atoms with van der Waals surface area (Å²) >= 11 is 0. The number of halogens is 4. The van der Waals surface area contributed by atoms with Gasteiger partial charge >= 0.3 is 6.18 Å². The Balaban J connectivity index is 0.000000765. The van der Waals surface area contributed by atoms with Gasteiger partial charge in [0.1, 0.15) is 0 Å². The van der Waals surface area contributed by atoms with Crippen LogP contribution < -0.4 is 15.6 Å². The number of hydrogen-bond donors (Lipinski definition) is 2. The quantitative estimate of drug-likeness (QED) is 0.199. The average Bonchev–Trinajstić information content (AvgIpc) is 2.98. The van der Waals surface area contributed by atoms with Crippen LogP contribution in [0, 0.1) is 5.82 Å². The summed E-state index contributed by atoms with van der Waals surface area (Å²) < 4.78 is 59.5. The second-order valence-corrected chi connectivity index (χ2v) is 9.64. The van der Waals surface area contributed by atoms with E-state index in [1.54, 1.807) is 41.9 Å². The Morgan fingerprint density at radius 1 is 1.16 bits per heavy atom. The lowest BCUT2D eigenvalue weighted by atomic mass is 10.0. The number of likely N-dealkylation sites (N-methyl/N-ethyl adjacent to an activating group) is 1. The van der Waals surface area contributed by atoms with Crippen molar-refractivity contribution in [2.75, 3.05) is 49.0 Å². The fraction of sp³-hybridized carbons (Fsp3) is 0.400. The van der Waals surface area contributed by atoms with Crippen molar-refractivity contribution >= 4 is 29.9 Å². The monoisotopic (exact) mass is 602 g/mol. The lowest BCUT2D eigenvalue weighted by Crippen LogP contribution is -2.37. The van der Waals surface area contributed by atoms with Crippen molar-refractivity contribution in [1.82, 2.24) is 14.9 Å². The van der Waals surface area contributed by atoms with Crippen molar-refractivity contribution in [2.45, 2.75) is 45.8 Å². The minimum atomic E-state index is -4.42. The Hall–Kier alpha value is -4.26. The van der Waals surface area contributed by atoms with E-state index in [1.807, 2.05) is 44.9 Å². The summed E-state index contributed by atoms with van der Waals surface area (Å²) in [6.07, 6.45) is 10.4. The zero-order valence-corrected chi connectivity index (χ0v) is 24.8. The minimum absolute atomic E-state index is 0.159. The van der Waals surface area contributed by atoms with Crippen molar-refractivity contribution < 1.29 is 22.3 Å². The van der Waals surface area contributed by atoms with Crippen LogP contribution in [0.15, 0.2) is 70.8 Å². The molecule has 4 rings (SSSR count). The second-order valence-electron chi connectivity index (χ2n) is 9.64. The summed E-state index contributed by atoms with van der Waals surface area (Å²) in [5.41, 5.74) is 3.70. The van der Waals surface area contributed by atoms with E-state index in [0.29, 0.717) is 49.7 Å². The number of nitrogens with zero attached hydrogens (tertiary/aromatic N) is 6. The van der Waals surface area contributed by atoms with E-state index in [1.165, 1.54) is 6.07 Å². The van der Waals surface area contributed by atoms with Gasteiger partial charge in [-0.25, -0.2) is 14.8 Å². The highest BCUT2D eigenvalue weighted by molar-refractivity contribution is 5.70. The summed E-state index contributed by atoms with van der Waals surface area (Å²) in [4.78, 5) is 15.6. The van der Waals surface area contributed by atoms with Crippen LogP contribution in [0.4, 0.5) is 35.0 Å². The maximum absolute atomic E-state index is 14.2. The summed E-state index contributed by atoms with van der Waals surface area (Å²) in [5, 5.41) is 7.25. The fourth-order valence-electron chi connectivity index (χ4n) is 4.20. The lowest BCUT2D eigenvalue weighted by Gasteiger charge is -2.28. The number of nitrogens with one attached hydrogen (secondary N) is 2. The Kier molecular flexibility index (Phi) is 12.7. The van der Waals surface area contributed by atoms with Gasteiger partial charge in [-0.2, -0.15) is 23.3 Å². The fourth-order valence-corrected chi connectivity index (χ4v) is 4.20. The Morgan fingerprint density at radius 2 is 1.93 bits per heavy atom. The number of hydrazone groups is 1. The molecule has 0 aliphatic carbocycles. The number of aliphatic imine (C=N–C) groups is 1. The summed E-state index contributed by atoms with van der Waals surface area (Å²) in [5.74, 6) is -0.160. The topological polar surface area (TPSA) is 90.3 Å². The maximum atomic E-state index is 14.2. The standard InChI is InChI=1S/C25H29F4N7O.C5H9N/c1-3-4-17-11-18(25(27,28)29)13-20(12-17)32-19-5-6-21(35(2)16-19)14-31-34-24-30-15-22(26)23(33-24)36-7-9-37-10-8-36;1-3-5-6-4-2/h5-6,11-16,21,32H,3-4,7-10H2,1-2H3,(H,30,33,34);3-5H,1-2H3/b31-14+;5-3-,6-4?. The Morgan fingerprint density at radius 3 is 2.56 bits per heavy atom. The molecule has 9 nitrogen and oxygen atoms in total. The van der Waals surface area contributed by atoms with Crippen LogP contribution in [0.2, 0.25) is 0 Å². The van der Waals surface area contributed by atoms with E-state index in [4.69, 9.17) is 4.74 Å². The van der Waals surface area contributed by atoms with Gasteiger partial charge in [-0.3, -0.25) is 4.99 Å². The van der Waals surface area contributed by atoms with Gasteiger partial charge in [0.05, 0.1) is 42.9 Å². The predicted octanol–water partition coefficient (Wildman–Crippen LogP) is 6.26. The van der Waals surface area contributed by atoms with Gasteiger partial charge in [-0.05, 0) is 50.1 Å². The van der Waals surface area contributed by atoms with Crippen LogP contribution in [-0.2, 0) is 17.3 Å². The number of morpholine rings is 1. The van der Waals surface area contributed by atoms with Crippen LogP contribution in [0.1, 0.15) is 38.3 Å². The van der Waals surface area contributed by atoms with Gasteiger partial charge in [0.15, 0.2) is 11.6 Å². The predicted molar refractivity (Wildman–Crippen MR) is 164 cm³/mol. The van der Waals surface area contributed by atoms with Gasteiger partial charge < -0.3 is 19.9 Å². The van der Waals surface area contributed by atoms with E-state index >= 15 is 0 Å². The SMILES string of the molecule is CC=N/C=C\C.CCCc1cc(NC2=CN(C)C(/C=N/Nc3ncc(F)c(N4CCOCC4)n3)C=C2)cc(C(F)(F)F)c1. The first-order valence-electron chi connectivity index (χ1n) is 14.0. The largest absolute Gasteiger partial charge is 0.416 e. The van der Waals surface area contributed by atoms with Gasteiger partial charge in [-0.1, -0.05) is 25.5 Å². The third-order valence-electron chi connectivity index (χ3n) is 6.25. The van der Waals surface area contributed by atoms with Gasteiger partial charge in [-0.15, -0.1) is 0 Å². The number of rotatable bonds is 9. The molecular formula is C30H38F4N8O. The molecule has 1 saturated heterocycles. The molecule has 13 heteroatoms. The molecule has 2 N–H and O–H groups in total. The van der Waals surface area contributed by atoms with Crippen molar-refractivity contribution in [2.24, 2.45) is 10.1 Å². The van der Waals surface area contributed by atoms with Crippen LogP contribution >= 0.6 is 0 Å². The number of aromatic nitrogens is 2. The van der Waals surface area contributed by atoms with Crippen LogP contribution in [-0.4, -0.2) is 66.7 Å². The van der Waals surface area contributed by atoms with Crippen molar-refractivity contribution in [3.63, 3.8) is 0 Å². The van der Waals surface area contributed by atoms with Crippen LogP contribution in [0.5, 0.6) is 0 Å². The number of benzene rings is 1. The molecule has 232 valence electrons. The van der Waals surface area contributed by atoms with Gasteiger partial charge in [0, 0.05) is 44.4 Å². The molecule has 1 atom stereocenters. The van der Waals surface area contributed by atoms with Crippen molar-refractivity contribution in [3.8, 4) is 0 Å². The van der Waals surface area contributed by atoms with Crippen LogP contribution in [0.3, 0.4) is 0 Å². The molecule has 0 spiro atoms. The molecule has 43 heavy (non-hydrogen) atoms. The molecule has 0 radical (unpaired) electrons. The Bertz CT molecular complexity index is 1320. The van der Waals surface area contributed by atoms with E-state index in [0.717, 1.165) is 18.7 Å². The smallest absolute Gasteiger partial charge is 0.378 e. The summed E-state index contributed by atoms with van der Waals surface area (Å²) in [6, 6.07) is 3.81. The molecule has 1 aromatic heterocycles. The molecule has 3 heterocycles. The maximum Gasteiger partial charge on any atom is 0.416 e. The van der Waals surface area contributed by atoms with Crippen LogP contribution in [0.25, 0.3) is 0 Å². The summed E-state index contributed by atoms with van der Waals surface area (Å²) in [6.45, 7) is 7.84. The first-order chi connectivity index (χ1) is 20.6. The summed E-state index contributed by atoms with van der Waals surface area (Å²) in [7, 11) is 1.82. The second kappa shape index (κ2) is 16.4. The van der Waals surface area contributed by atoms with Gasteiger partial charge in [0.25, 0.3) is 0 Å². The molecule has 1 fully saturated rings. The normalized spacial score (nSPS) is 17.4. The van der Waals surface area contributed by atoms with E-state index in [9.17, 15) is 17.6 Å². The van der Waals surface area contributed by atoms with Gasteiger partial charge in [0.2, 0.25) is 5.95 Å². The zero-order valence-electron chi connectivity index (χ0n) is 24.8. The number of alkyl halides is 3. The third kappa shape index (κ3) is 10.5. The highest BCUT2D eigenvalue weighted by Gasteiger charge is 2.31. The molecular weight excluding hydrogens is 564 g/mol.